The van der Waals surface area contributed by atoms with Crippen LogP contribution in [0.15, 0.2) is 76.6 Å². The number of carbonyl (C=O) groups is 4. The molecule has 242 valence electrons. The summed E-state index contributed by atoms with van der Waals surface area (Å²) in [7, 11) is 3.00. The van der Waals surface area contributed by atoms with Crippen LogP contribution in [-0.4, -0.2) is 54.3 Å². The van der Waals surface area contributed by atoms with Gasteiger partial charge in [0.05, 0.1) is 43.0 Å². The van der Waals surface area contributed by atoms with E-state index in [4.69, 9.17) is 25.8 Å². The molecule has 2 aliphatic heterocycles. The minimum Gasteiger partial charge on any atom is -0.493 e. The van der Waals surface area contributed by atoms with Gasteiger partial charge in [-0.05, 0) is 73.2 Å². The summed E-state index contributed by atoms with van der Waals surface area (Å²) in [5.41, 5.74) is 1.73. The number of anilines is 2. The molecule has 0 bridgehead atoms. The summed E-state index contributed by atoms with van der Waals surface area (Å²) in [6.07, 6.45) is 0. The summed E-state index contributed by atoms with van der Waals surface area (Å²) in [4.78, 5) is 68.3. The molecule has 0 aliphatic carbocycles. The fourth-order valence-corrected chi connectivity index (χ4v) is 8.65. The van der Waals surface area contributed by atoms with E-state index in [1.165, 1.54) is 43.1 Å². The molecule has 1 aromatic heterocycles. The van der Waals surface area contributed by atoms with E-state index in [0.29, 0.717) is 43.4 Å². The molecule has 1 N–H and O–H groups in total. The van der Waals surface area contributed by atoms with Crippen molar-refractivity contribution in [2.75, 3.05) is 31.0 Å². The molecule has 14 heteroatoms. The van der Waals surface area contributed by atoms with Gasteiger partial charge in [-0.3, -0.25) is 23.7 Å². The Balaban J connectivity index is 1.40. The van der Waals surface area contributed by atoms with Gasteiger partial charge in [-0.15, -0.1) is 0 Å². The number of rotatable bonds is 9. The maximum Gasteiger partial charge on any atom is 0.338 e. The van der Waals surface area contributed by atoms with Crippen LogP contribution in [0, 0.1) is 5.92 Å². The first-order chi connectivity index (χ1) is 22.6. The highest BCUT2D eigenvalue weighted by Crippen LogP contribution is 2.54. The largest absolute Gasteiger partial charge is 0.493 e. The number of carbonyl (C=O) groups excluding carboxylic acids is 4. The topological polar surface area (TPSA) is 133 Å². The fourth-order valence-electron chi connectivity index (χ4n) is 5.75. The first kappa shape index (κ1) is 32.4. The minimum atomic E-state index is -0.905. The number of ether oxygens (including phenoxy) is 3. The molecule has 47 heavy (non-hydrogen) atoms. The van der Waals surface area contributed by atoms with Gasteiger partial charge >= 0.3 is 10.8 Å². The molecule has 0 radical (unpaired) electrons. The van der Waals surface area contributed by atoms with Crippen LogP contribution in [0.5, 0.6) is 11.5 Å². The number of hydrogen-bond acceptors (Lipinski definition) is 10. The number of hydrogen-bond donors (Lipinski definition) is 1. The van der Waals surface area contributed by atoms with E-state index in [1.807, 2.05) is 0 Å². The number of nitrogens with zero attached hydrogens (tertiary/aromatic N) is 2. The SMILES string of the molecule is CCOC(=O)c1ccc(N2C(=O)[C@@H]3[C@H](c4ccc(OC)c(OC)c4)c4sc(=O)n(CC(=O)Nc5ccc(Cl)cc5)c4S[C@@H]3C2=O)cc1. The van der Waals surface area contributed by atoms with Crippen LogP contribution in [0.3, 0.4) is 0 Å². The molecule has 3 aromatic carbocycles. The van der Waals surface area contributed by atoms with E-state index in [-0.39, 0.29) is 18.7 Å². The highest BCUT2D eigenvalue weighted by Gasteiger charge is 2.57. The highest BCUT2D eigenvalue weighted by atomic mass is 35.5. The van der Waals surface area contributed by atoms with Crippen LogP contribution < -0.4 is 24.6 Å². The quantitative estimate of drug-likeness (QED) is 0.186. The monoisotopic (exact) mass is 693 g/mol. The Morgan fingerprint density at radius 3 is 2.28 bits per heavy atom. The lowest BCUT2D eigenvalue weighted by Crippen LogP contribution is -2.33. The number of fused-ring (bicyclic) bond motifs is 2. The lowest BCUT2D eigenvalue weighted by Gasteiger charge is -2.31. The molecule has 4 aromatic rings. The van der Waals surface area contributed by atoms with Gasteiger partial charge in [0.15, 0.2) is 11.5 Å². The fraction of sp³-hybridized carbons (Fsp3) is 0.242. The van der Waals surface area contributed by atoms with Crippen molar-refractivity contribution < 1.29 is 33.4 Å². The van der Waals surface area contributed by atoms with Gasteiger partial charge in [0.2, 0.25) is 17.7 Å². The van der Waals surface area contributed by atoms with E-state index >= 15 is 0 Å². The van der Waals surface area contributed by atoms with Crippen LogP contribution in [0.2, 0.25) is 5.02 Å². The highest BCUT2D eigenvalue weighted by molar-refractivity contribution is 8.00. The first-order valence-corrected chi connectivity index (χ1v) is 16.5. The molecule has 0 saturated carbocycles. The molecule has 1 fully saturated rings. The third-order valence-corrected chi connectivity index (χ3v) is 10.7. The maximum atomic E-state index is 14.2. The van der Waals surface area contributed by atoms with E-state index in [2.05, 4.69) is 5.32 Å². The van der Waals surface area contributed by atoms with Crippen molar-refractivity contribution in [3.05, 3.63) is 97.4 Å². The smallest absolute Gasteiger partial charge is 0.338 e. The summed E-state index contributed by atoms with van der Waals surface area (Å²) in [5, 5.41) is 2.81. The molecule has 0 unspecified atom stereocenters. The van der Waals surface area contributed by atoms with Gasteiger partial charge in [0.1, 0.15) is 11.8 Å². The molecular weight excluding hydrogens is 666 g/mol. The van der Waals surface area contributed by atoms with Gasteiger partial charge in [0.25, 0.3) is 0 Å². The standard InChI is InChI=1S/C33H28ClN3O8S2/c1-4-45-32(41)17-5-12-21(13-6-17)37-29(39)26-25(18-7-14-22(43-2)23(15-18)44-3)28-31(46-27(26)30(37)40)36(33(42)47-28)16-24(38)35-20-10-8-19(34)9-11-20/h5-15,25-27H,4,16H2,1-3H3,(H,35,38)/t25-,26+,27-/m0/s1. The second kappa shape index (κ2) is 13.3. The Morgan fingerprint density at radius 2 is 1.62 bits per heavy atom. The van der Waals surface area contributed by atoms with E-state index in [0.717, 1.165) is 28.0 Å². The molecule has 3 heterocycles. The van der Waals surface area contributed by atoms with Gasteiger partial charge in [-0.25, -0.2) is 9.69 Å². The Labute approximate surface area is 282 Å². The van der Waals surface area contributed by atoms with Crippen molar-refractivity contribution >= 4 is 69.8 Å². The Hall–Kier alpha value is -4.59. The van der Waals surface area contributed by atoms with Gasteiger partial charge in [-0.1, -0.05) is 40.8 Å². The summed E-state index contributed by atoms with van der Waals surface area (Å²) in [6.45, 7) is 1.60. The molecule has 1 saturated heterocycles. The summed E-state index contributed by atoms with van der Waals surface area (Å²) in [6, 6.07) is 17.9. The summed E-state index contributed by atoms with van der Waals surface area (Å²) >= 11 is 8.00. The van der Waals surface area contributed by atoms with Crippen LogP contribution in [0.25, 0.3) is 0 Å². The number of aromatic nitrogens is 1. The molecule has 0 spiro atoms. The zero-order valence-corrected chi connectivity index (χ0v) is 27.7. The number of methoxy groups -OCH3 is 2. The van der Waals surface area contributed by atoms with Crippen LogP contribution in [0.1, 0.15) is 33.6 Å². The van der Waals surface area contributed by atoms with E-state index in [9.17, 15) is 24.0 Å². The average Bonchev–Trinajstić information content (AvgIpc) is 3.51. The third-order valence-electron chi connectivity index (χ3n) is 7.88. The van der Waals surface area contributed by atoms with Crippen molar-refractivity contribution in [2.45, 2.75) is 29.7 Å². The number of thioether (sulfide) groups is 1. The molecule has 2 aliphatic rings. The molecular formula is C33H28ClN3O8S2. The lowest BCUT2D eigenvalue weighted by molar-refractivity contribution is -0.122. The van der Waals surface area contributed by atoms with Crippen molar-refractivity contribution in [1.29, 1.82) is 0 Å². The summed E-state index contributed by atoms with van der Waals surface area (Å²) < 4.78 is 17.4. The predicted molar refractivity (Wildman–Crippen MR) is 178 cm³/mol. The molecule has 11 nitrogen and oxygen atoms in total. The second-order valence-electron chi connectivity index (χ2n) is 10.6. The van der Waals surface area contributed by atoms with Crippen LogP contribution in [0.4, 0.5) is 11.4 Å². The van der Waals surface area contributed by atoms with E-state index in [1.54, 1.807) is 49.4 Å². The average molecular weight is 694 g/mol. The number of amides is 3. The lowest BCUT2D eigenvalue weighted by atomic mass is 9.83. The first-order valence-electron chi connectivity index (χ1n) is 14.5. The Morgan fingerprint density at radius 1 is 0.915 bits per heavy atom. The third kappa shape index (κ3) is 6.01. The van der Waals surface area contributed by atoms with Gasteiger partial charge < -0.3 is 19.5 Å². The maximum absolute atomic E-state index is 14.2. The zero-order chi connectivity index (χ0) is 33.4. The number of esters is 1. The second-order valence-corrected chi connectivity index (χ2v) is 13.2. The zero-order valence-electron chi connectivity index (χ0n) is 25.4. The molecule has 6 rings (SSSR count). The van der Waals surface area contributed by atoms with Crippen LogP contribution >= 0.6 is 34.7 Å². The van der Waals surface area contributed by atoms with Crippen molar-refractivity contribution in [3.63, 3.8) is 0 Å². The predicted octanol–water partition coefficient (Wildman–Crippen LogP) is 5.19. The molecule has 3 amide bonds. The number of thiazole rings is 1. The van der Waals surface area contributed by atoms with Crippen molar-refractivity contribution in [2.24, 2.45) is 5.92 Å². The normalized spacial score (nSPS) is 18.4. The Kier molecular flexibility index (Phi) is 9.13. The summed E-state index contributed by atoms with van der Waals surface area (Å²) in [5.74, 6) is -2.59. The van der Waals surface area contributed by atoms with E-state index < -0.39 is 45.6 Å². The van der Waals surface area contributed by atoms with Crippen molar-refractivity contribution in [3.8, 4) is 11.5 Å². The van der Waals surface area contributed by atoms with Crippen molar-refractivity contribution in [1.82, 2.24) is 4.57 Å². The van der Waals surface area contributed by atoms with Gasteiger partial charge in [0, 0.05) is 21.5 Å². The molecule has 3 atom stereocenters. The Bertz CT molecular complexity index is 1940. The van der Waals surface area contributed by atoms with Gasteiger partial charge in [-0.2, -0.15) is 0 Å². The number of halogens is 1. The number of imide groups is 1. The van der Waals surface area contributed by atoms with Crippen LogP contribution in [-0.2, 0) is 25.7 Å². The number of benzene rings is 3. The number of nitrogens with one attached hydrogen (secondary N) is 1. The minimum absolute atomic E-state index is 0.208.